The molecule has 8 nitrogen and oxygen atoms in total. The zero-order valence-electron chi connectivity index (χ0n) is 14.5. The van der Waals surface area contributed by atoms with Crippen LogP contribution in [0.25, 0.3) is 0 Å². The molecule has 1 fully saturated rings. The normalized spacial score (nSPS) is 24.9. The van der Waals surface area contributed by atoms with Crippen LogP contribution in [0, 0.1) is 0 Å². The fourth-order valence-electron chi connectivity index (χ4n) is 4.15. The monoisotopic (exact) mass is 374 g/mol. The number of hydrogen-bond donors (Lipinski definition) is 3. The number of fused-ring (bicyclic) bond motifs is 3. The van der Waals surface area contributed by atoms with E-state index in [0.29, 0.717) is 11.5 Å². The Bertz CT molecular complexity index is 932. The number of nitrogens with zero attached hydrogens (tertiary/aromatic N) is 3. The Kier molecular flexibility index (Phi) is 3.60. The van der Waals surface area contributed by atoms with Crippen LogP contribution in [0.2, 0.25) is 0 Å². The van der Waals surface area contributed by atoms with E-state index in [-0.39, 0.29) is 6.04 Å². The molecule has 0 radical (unpaired) electrons. The highest BCUT2D eigenvalue weighted by Gasteiger charge is 2.33. The average molecular weight is 374 g/mol. The summed E-state index contributed by atoms with van der Waals surface area (Å²) in [5, 5.41) is 18.6. The van der Waals surface area contributed by atoms with Gasteiger partial charge in [-0.25, -0.2) is 14.1 Å². The van der Waals surface area contributed by atoms with Gasteiger partial charge in [0, 0.05) is 31.7 Å². The number of carbonyl (C=O) groups is 1. The van der Waals surface area contributed by atoms with Gasteiger partial charge in [0.15, 0.2) is 9.92 Å². The van der Waals surface area contributed by atoms with E-state index in [2.05, 4.69) is 26.2 Å². The van der Waals surface area contributed by atoms with Crippen molar-refractivity contribution >= 4 is 26.7 Å². The van der Waals surface area contributed by atoms with Gasteiger partial charge in [0.05, 0.1) is 6.04 Å². The molecule has 1 aromatic carbocycles. The number of nitrogens with one attached hydrogen (secondary N) is 2. The van der Waals surface area contributed by atoms with Gasteiger partial charge in [-0.15, -0.1) is 4.36 Å². The number of aryl methyl sites for hydroxylation is 2. The van der Waals surface area contributed by atoms with Crippen LogP contribution < -0.4 is 15.8 Å². The van der Waals surface area contributed by atoms with E-state index in [1.54, 1.807) is 0 Å². The van der Waals surface area contributed by atoms with Gasteiger partial charge in [-0.3, -0.25) is 5.01 Å². The van der Waals surface area contributed by atoms with Gasteiger partial charge in [0.2, 0.25) is 0 Å². The lowest BCUT2D eigenvalue weighted by molar-refractivity contribution is 0.192. The summed E-state index contributed by atoms with van der Waals surface area (Å²) in [6.45, 7) is 2.36. The van der Waals surface area contributed by atoms with Gasteiger partial charge in [-0.05, 0) is 47.9 Å². The molecular weight excluding hydrogens is 352 g/mol. The smallest absolute Gasteiger partial charge is 0.313 e. The van der Waals surface area contributed by atoms with Crippen molar-refractivity contribution in [3.63, 3.8) is 0 Å². The van der Waals surface area contributed by atoms with Crippen LogP contribution in [0.15, 0.2) is 15.5 Å². The van der Waals surface area contributed by atoms with Crippen LogP contribution in [0.1, 0.15) is 28.7 Å². The Morgan fingerprint density at radius 1 is 1.31 bits per heavy atom. The van der Waals surface area contributed by atoms with Crippen LogP contribution in [-0.2, 0) is 35.6 Å². The summed E-state index contributed by atoms with van der Waals surface area (Å²) in [7, 11) is -3.30. The molecule has 5 rings (SSSR count). The molecule has 2 aliphatic heterocycles. The number of hydrogen-bond acceptors (Lipinski definition) is 5. The van der Waals surface area contributed by atoms with E-state index in [9.17, 15) is 9.00 Å². The summed E-state index contributed by atoms with van der Waals surface area (Å²) in [5.41, 5.74) is 5.86. The Balaban J connectivity index is 1.39. The number of amides is 2. The molecule has 2 unspecified atom stereocenters. The number of benzene rings is 1. The maximum atomic E-state index is 12.8. The van der Waals surface area contributed by atoms with Crippen molar-refractivity contribution in [3.05, 3.63) is 28.3 Å². The first kappa shape index (κ1) is 16.2. The minimum Gasteiger partial charge on any atom is -0.313 e. The standard InChI is InChI=1S/C17H22N6O2S/c18-26(25,15-8-12-9-19-5-6-23(12)21-15)22-17(24)20-16-13-3-1-10(13)7-11-2-4-14(11)16/h7,12,19H,1-6,8-9H2,(H3,18,20,22,24,25). The van der Waals surface area contributed by atoms with Crippen LogP contribution in [-0.4, -0.2) is 46.0 Å². The lowest BCUT2D eigenvalue weighted by Crippen LogP contribution is -2.46. The Labute approximate surface area is 152 Å². The van der Waals surface area contributed by atoms with E-state index in [1.807, 2.05) is 5.01 Å². The zero-order chi connectivity index (χ0) is 17.9. The number of nitrogens with two attached hydrogens (primary N) is 1. The van der Waals surface area contributed by atoms with Gasteiger partial charge in [-0.1, -0.05) is 6.07 Å². The SMILES string of the molecule is NS(=O)(=NC(=O)Nc1c2c(cc3c1CC3)CC2)C1=NN2CCNCC2C1. The molecule has 4 aliphatic rings. The molecule has 2 heterocycles. The first-order valence-electron chi connectivity index (χ1n) is 9.08. The molecule has 1 aromatic rings. The van der Waals surface area contributed by atoms with Crippen molar-refractivity contribution in [2.45, 2.75) is 38.1 Å². The Morgan fingerprint density at radius 3 is 2.65 bits per heavy atom. The van der Waals surface area contributed by atoms with Crippen molar-refractivity contribution < 1.29 is 9.00 Å². The average Bonchev–Trinajstić information content (AvgIpc) is 2.96. The number of rotatable bonds is 1. The molecule has 4 N–H and O–H groups in total. The van der Waals surface area contributed by atoms with Crippen molar-refractivity contribution in [1.82, 2.24) is 10.3 Å². The first-order valence-corrected chi connectivity index (χ1v) is 10.7. The van der Waals surface area contributed by atoms with Gasteiger partial charge >= 0.3 is 6.03 Å². The number of urea groups is 1. The third kappa shape index (κ3) is 2.53. The topological polar surface area (TPSA) is 112 Å². The van der Waals surface area contributed by atoms with E-state index in [4.69, 9.17) is 5.14 Å². The number of hydrazone groups is 1. The zero-order valence-corrected chi connectivity index (χ0v) is 15.3. The highest BCUT2D eigenvalue weighted by molar-refractivity contribution is 8.06. The van der Waals surface area contributed by atoms with Crippen molar-refractivity contribution in [1.29, 1.82) is 0 Å². The highest BCUT2D eigenvalue weighted by Crippen LogP contribution is 2.40. The molecule has 2 aliphatic carbocycles. The molecule has 138 valence electrons. The van der Waals surface area contributed by atoms with Crippen molar-refractivity contribution in [3.8, 4) is 0 Å². The summed E-state index contributed by atoms with van der Waals surface area (Å²) < 4.78 is 16.6. The molecule has 2 amide bonds. The lowest BCUT2D eigenvalue weighted by atomic mass is 9.76. The van der Waals surface area contributed by atoms with Gasteiger partial charge < -0.3 is 10.6 Å². The second-order valence-corrected chi connectivity index (χ2v) is 9.13. The molecule has 0 saturated carbocycles. The van der Waals surface area contributed by atoms with Crippen LogP contribution in [0.5, 0.6) is 0 Å². The fourth-order valence-corrected chi connectivity index (χ4v) is 5.20. The minimum atomic E-state index is -3.30. The molecule has 0 aromatic heterocycles. The fraction of sp³-hybridized carbons (Fsp3) is 0.529. The largest absolute Gasteiger partial charge is 0.354 e. The van der Waals surface area contributed by atoms with Crippen LogP contribution >= 0.6 is 0 Å². The van der Waals surface area contributed by atoms with Crippen LogP contribution in [0.4, 0.5) is 10.5 Å². The summed E-state index contributed by atoms with van der Waals surface area (Å²) in [6.07, 6.45) is 4.52. The molecule has 9 heteroatoms. The van der Waals surface area contributed by atoms with Gasteiger partial charge in [0.25, 0.3) is 0 Å². The lowest BCUT2D eigenvalue weighted by Gasteiger charge is -2.31. The van der Waals surface area contributed by atoms with Crippen molar-refractivity contribution in [2.75, 3.05) is 25.0 Å². The Morgan fingerprint density at radius 2 is 2.04 bits per heavy atom. The van der Waals surface area contributed by atoms with E-state index < -0.39 is 15.9 Å². The van der Waals surface area contributed by atoms with Crippen molar-refractivity contribution in [2.24, 2.45) is 14.6 Å². The third-order valence-electron chi connectivity index (χ3n) is 5.77. The third-order valence-corrected chi connectivity index (χ3v) is 7.13. The molecule has 1 saturated heterocycles. The predicted molar refractivity (Wildman–Crippen MR) is 100 cm³/mol. The minimum absolute atomic E-state index is 0.148. The molecule has 26 heavy (non-hydrogen) atoms. The second kappa shape index (κ2) is 5.77. The predicted octanol–water partition coefficient (Wildman–Crippen LogP) is 0.748. The molecule has 0 bridgehead atoms. The quantitative estimate of drug-likeness (QED) is 0.673. The molecule has 0 spiro atoms. The van der Waals surface area contributed by atoms with Gasteiger partial charge in [-0.2, -0.15) is 5.10 Å². The van der Waals surface area contributed by atoms with E-state index >= 15 is 0 Å². The number of carbonyl (C=O) groups excluding carboxylic acids is 1. The Hall–Kier alpha value is -1.97. The summed E-state index contributed by atoms with van der Waals surface area (Å²) in [4.78, 5) is 12.5. The molecular formula is C17H22N6O2S. The molecule has 2 atom stereocenters. The van der Waals surface area contributed by atoms with E-state index in [0.717, 1.165) is 51.0 Å². The number of piperazine rings is 1. The van der Waals surface area contributed by atoms with Crippen LogP contribution in [0.3, 0.4) is 0 Å². The summed E-state index contributed by atoms with van der Waals surface area (Å²) >= 11 is 0. The summed E-state index contributed by atoms with van der Waals surface area (Å²) in [5.74, 6) is 0. The highest BCUT2D eigenvalue weighted by atomic mass is 32.2. The van der Waals surface area contributed by atoms with Gasteiger partial charge in [0.1, 0.15) is 5.04 Å². The maximum Gasteiger partial charge on any atom is 0.354 e. The first-order chi connectivity index (χ1) is 12.5. The summed E-state index contributed by atoms with van der Waals surface area (Å²) in [6, 6.07) is 1.75. The van der Waals surface area contributed by atoms with E-state index in [1.165, 1.54) is 22.3 Å². The maximum absolute atomic E-state index is 12.8. The second-order valence-electron chi connectivity index (χ2n) is 7.34. The number of anilines is 1.